The third-order valence-electron chi connectivity index (χ3n) is 4.57. The van der Waals surface area contributed by atoms with Crippen molar-refractivity contribution in [2.45, 2.75) is 26.5 Å². The normalized spacial score (nSPS) is 10.8. The Labute approximate surface area is 166 Å². The van der Waals surface area contributed by atoms with Gasteiger partial charge in [-0.1, -0.05) is 6.07 Å². The van der Waals surface area contributed by atoms with Crippen LogP contribution in [0.5, 0.6) is 5.75 Å². The molecule has 1 aromatic heterocycles. The van der Waals surface area contributed by atoms with E-state index in [2.05, 4.69) is 11.1 Å². The number of ether oxygens (including phenoxy) is 2. The van der Waals surface area contributed by atoms with E-state index in [1.165, 1.54) is 19.2 Å². The number of anilines is 2. The van der Waals surface area contributed by atoms with E-state index in [4.69, 9.17) is 14.7 Å². The number of hydrogen-bond donors (Lipinski definition) is 1. The maximum atomic E-state index is 14.9. The molecule has 29 heavy (non-hydrogen) atoms. The zero-order valence-electron chi connectivity index (χ0n) is 16.1. The van der Waals surface area contributed by atoms with Crippen molar-refractivity contribution in [3.63, 3.8) is 0 Å². The predicted molar refractivity (Wildman–Crippen MR) is 104 cm³/mol. The lowest BCUT2D eigenvalue weighted by Crippen LogP contribution is -2.28. The minimum atomic E-state index is -1.09. The third-order valence-corrected chi connectivity index (χ3v) is 4.57. The van der Waals surface area contributed by atoms with Crippen LogP contribution in [0, 0.1) is 23.0 Å². The number of aromatic nitrogens is 1. The molecule has 1 N–H and O–H groups in total. The van der Waals surface area contributed by atoms with Gasteiger partial charge in [0.15, 0.2) is 11.6 Å². The number of nitriles is 1. The van der Waals surface area contributed by atoms with Gasteiger partial charge in [-0.05, 0) is 38.1 Å². The molecular weight excluding hydrogens is 380 g/mol. The van der Waals surface area contributed by atoms with Crippen LogP contribution in [0.15, 0.2) is 30.3 Å². The highest BCUT2D eigenvalue weighted by molar-refractivity contribution is 5.91. The fraction of sp³-hybridized carbons (Fsp3) is 0.238. The molecule has 0 spiro atoms. The molecule has 0 radical (unpaired) electrons. The van der Waals surface area contributed by atoms with E-state index in [1.807, 2.05) is 13.8 Å². The van der Waals surface area contributed by atoms with Crippen LogP contribution in [-0.2, 0) is 16.1 Å². The zero-order chi connectivity index (χ0) is 21.1. The molecule has 0 saturated heterocycles. The van der Waals surface area contributed by atoms with Crippen LogP contribution in [0.1, 0.15) is 25.0 Å². The van der Waals surface area contributed by atoms with Gasteiger partial charge in [-0.3, -0.25) is 4.79 Å². The number of nitrogens with zero attached hydrogens (tertiary/aromatic N) is 2. The second kappa shape index (κ2) is 8.19. The van der Waals surface area contributed by atoms with E-state index in [-0.39, 0.29) is 24.1 Å². The number of nitrogens with one attached hydrogen (secondary N) is 1. The Kier molecular flexibility index (Phi) is 5.69. The summed E-state index contributed by atoms with van der Waals surface area (Å²) in [4.78, 5) is 15.5. The summed E-state index contributed by atoms with van der Waals surface area (Å²) in [5, 5.41) is 9.87. The van der Waals surface area contributed by atoms with E-state index in [0.29, 0.717) is 34.3 Å². The van der Waals surface area contributed by atoms with Crippen LogP contribution in [-0.4, -0.2) is 24.6 Å². The number of hydrogen-bond acceptors (Lipinski definition) is 5. The monoisotopic (exact) mass is 399 g/mol. The zero-order valence-corrected chi connectivity index (χ0v) is 16.1. The maximum Gasteiger partial charge on any atom is 0.293 e. The molecular formula is C21H19F2N3O3. The third kappa shape index (κ3) is 3.59. The molecule has 0 atom stereocenters. The van der Waals surface area contributed by atoms with E-state index in [9.17, 15) is 13.6 Å². The van der Waals surface area contributed by atoms with Gasteiger partial charge in [0.05, 0.1) is 24.4 Å². The van der Waals surface area contributed by atoms with Crippen molar-refractivity contribution < 1.29 is 23.0 Å². The number of H-pyrrole nitrogens is 1. The number of fused-ring (bicyclic) bond motifs is 1. The average Bonchev–Trinajstić information content (AvgIpc) is 3.06. The van der Waals surface area contributed by atoms with Crippen LogP contribution < -0.4 is 9.64 Å². The first-order chi connectivity index (χ1) is 13.9. The molecule has 150 valence electrons. The summed E-state index contributed by atoms with van der Waals surface area (Å²) in [6.07, 6.45) is 0. The van der Waals surface area contributed by atoms with Crippen LogP contribution in [0.2, 0.25) is 0 Å². The van der Waals surface area contributed by atoms with Crippen molar-refractivity contribution in [3.05, 3.63) is 53.1 Å². The van der Waals surface area contributed by atoms with E-state index in [1.54, 1.807) is 23.1 Å². The lowest BCUT2D eigenvalue weighted by atomic mass is 10.1. The van der Waals surface area contributed by atoms with Gasteiger partial charge in [-0.25, -0.2) is 4.39 Å². The molecule has 0 aliphatic carbocycles. The minimum absolute atomic E-state index is 0.00211. The highest BCUT2D eigenvalue weighted by atomic mass is 19.2. The summed E-state index contributed by atoms with van der Waals surface area (Å²) in [6, 6.07) is 9.56. The molecule has 0 amide bonds. The van der Waals surface area contributed by atoms with Crippen molar-refractivity contribution in [3.8, 4) is 11.8 Å². The first kappa shape index (κ1) is 20.1. The highest BCUT2D eigenvalue weighted by Crippen LogP contribution is 2.38. The van der Waals surface area contributed by atoms with E-state index >= 15 is 0 Å². The number of rotatable bonds is 7. The van der Waals surface area contributed by atoms with Gasteiger partial charge < -0.3 is 19.4 Å². The summed E-state index contributed by atoms with van der Waals surface area (Å²) in [5.41, 5.74) is 1.63. The average molecular weight is 399 g/mol. The molecule has 0 aliphatic rings. The fourth-order valence-corrected chi connectivity index (χ4v) is 3.30. The summed E-state index contributed by atoms with van der Waals surface area (Å²) in [7, 11) is 1.26. The molecule has 3 aromatic rings. The number of carbonyl (C=O) groups excluding carboxylic acids is 1. The Morgan fingerprint density at radius 2 is 2.00 bits per heavy atom. The topological polar surface area (TPSA) is 78.3 Å². The van der Waals surface area contributed by atoms with Crippen LogP contribution in [0.3, 0.4) is 0 Å². The lowest BCUT2D eigenvalue weighted by Gasteiger charge is -2.29. The van der Waals surface area contributed by atoms with Gasteiger partial charge in [0.2, 0.25) is 5.82 Å². The van der Waals surface area contributed by atoms with Crippen molar-refractivity contribution in [2.75, 3.05) is 12.0 Å². The Morgan fingerprint density at radius 1 is 1.24 bits per heavy atom. The van der Waals surface area contributed by atoms with Crippen molar-refractivity contribution in [1.82, 2.24) is 4.98 Å². The largest absolute Gasteiger partial charge is 0.494 e. The van der Waals surface area contributed by atoms with Gasteiger partial charge in [-0.15, -0.1) is 0 Å². The Bertz CT molecular complexity index is 1100. The quantitative estimate of drug-likeness (QED) is 0.590. The SMILES string of the molecule is COc1ccc(N(c2[nH]c3cc(C#N)ccc3c2COC=O)C(C)C)c(F)c1F. The van der Waals surface area contributed by atoms with Gasteiger partial charge in [0, 0.05) is 22.5 Å². The standard InChI is InChI=1S/C21H19F2N3O3/c1-12(2)26(17-6-7-18(28-3)20(23)19(17)22)21-15(10-29-11-27)14-5-4-13(9-24)8-16(14)25-21/h4-8,11-12,25H,10H2,1-3H3. The van der Waals surface area contributed by atoms with Crippen molar-refractivity contribution in [2.24, 2.45) is 0 Å². The Hall–Kier alpha value is -3.60. The number of aromatic amines is 1. The second-order valence-corrected chi connectivity index (χ2v) is 6.61. The summed E-state index contributed by atoms with van der Waals surface area (Å²) < 4.78 is 39.0. The summed E-state index contributed by atoms with van der Waals surface area (Å²) in [6.45, 7) is 3.88. The number of methoxy groups -OCH3 is 1. The number of halogens is 2. The number of benzene rings is 2. The predicted octanol–water partition coefficient (Wildman–Crippen LogP) is 4.55. The van der Waals surface area contributed by atoms with Gasteiger partial charge in [0.25, 0.3) is 6.47 Å². The Morgan fingerprint density at radius 3 is 2.62 bits per heavy atom. The molecule has 0 saturated carbocycles. The van der Waals surface area contributed by atoms with Crippen molar-refractivity contribution >= 4 is 28.9 Å². The number of carbonyl (C=O) groups is 1. The molecule has 3 rings (SSSR count). The fourth-order valence-electron chi connectivity index (χ4n) is 3.30. The van der Waals surface area contributed by atoms with Gasteiger partial charge in [0.1, 0.15) is 12.4 Å². The first-order valence-corrected chi connectivity index (χ1v) is 8.84. The summed E-state index contributed by atoms with van der Waals surface area (Å²) in [5.74, 6) is -1.91. The van der Waals surface area contributed by atoms with Crippen molar-refractivity contribution in [1.29, 1.82) is 5.26 Å². The van der Waals surface area contributed by atoms with Crippen LogP contribution in [0.25, 0.3) is 10.9 Å². The van der Waals surface area contributed by atoms with Gasteiger partial charge in [-0.2, -0.15) is 9.65 Å². The van der Waals surface area contributed by atoms with Crippen LogP contribution in [0.4, 0.5) is 20.3 Å². The lowest BCUT2D eigenvalue weighted by molar-refractivity contribution is -0.129. The van der Waals surface area contributed by atoms with Crippen LogP contribution >= 0.6 is 0 Å². The molecule has 2 aromatic carbocycles. The molecule has 6 nitrogen and oxygen atoms in total. The summed E-state index contributed by atoms with van der Waals surface area (Å²) >= 11 is 0. The molecule has 0 unspecified atom stereocenters. The van der Waals surface area contributed by atoms with E-state index < -0.39 is 11.6 Å². The minimum Gasteiger partial charge on any atom is -0.494 e. The highest BCUT2D eigenvalue weighted by Gasteiger charge is 2.26. The smallest absolute Gasteiger partial charge is 0.293 e. The first-order valence-electron chi connectivity index (χ1n) is 8.84. The molecule has 0 aliphatic heterocycles. The van der Waals surface area contributed by atoms with Gasteiger partial charge >= 0.3 is 0 Å². The van der Waals surface area contributed by atoms with E-state index in [0.717, 1.165) is 0 Å². The molecule has 1 heterocycles. The Balaban J connectivity index is 2.25. The molecule has 0 bridgehead atoms. The maximum absolute atomic E-state index is 14.9. The molecule has 0 fully saturated rings. The second-order valence-electron chi connectivity index (χ2n) is 6.61. The molecule has 8 heteroatoms.